The maximum absolute atomic E-state index is 4.57. The molecule has 1 fully saturated rings. The van der Waals surface area contributed by atoms with Crippen LogP contribution < -0.4 is 4.90 Å². The van der Waals surface area contributed by atoms with Crippen molar-refractivity contribution in [2.45, 2.75) is 12.8 Å². The number of hydrogen-bond acceptors (Lipinski definition) is 6. The average molecular weight is 321 g/mol. The van der Waals surface area contributed by atoms with Gasteiger partial charge in [-0.05, 0) is 18.8 Å². The highest BCUT2D eigenvalue weighted by Crippen LogP contribution is 2.24. The van der Waals surface area contributed by atoms with E-state index in [2.05, 4.69) is 29.8 Å². The zero-order valence-corrected chi connectivity index (χ0v) is 13.6. The number of rotatable bonds is 4. The second-order valence-corrected chi connectivity index (χ2v) is 6.12. The van der Waals surface area contributed by atoms with Gasteiger partial charge in [-0.2, -0.15) is 0 Å². The third-order valence-electron chi connectivity index (χ3n) is 4.41. The van der Waals surface area contributed by atoms with Crippen LogP contribution in [-0.2, 0) is 13.5 Å². The summed E-state index contributed by atoms with van der Waals surface area (Å²) in [7, 11) is 1.96. The molecule has 7 heteroatoms. The van der Waals surface area contributed by atoms with Crippen molar-refractivity contribution in [1.29, 1.82) is 0 Å². The number of imidazole rings is 1. The normalized spacial score (nSPS) is 17.4. The van der Waals surface area contributed by atoms with Gasteiger partial charge in [0, 0.05) is 51.1 Å². The Bertz CT molecular complexity index is 797. The molecule has 1 aliphatic rings. The number of aryl methyl sites for hydroxylation is 1. The molecule has 4 heterocycles. The minimum absolute atomic E-state index is 0.570. The summed E-state index contributed by atoms with van der Waals surface area (Å²) in [5.74, 6) is 2.36. The maximum atomic E-state index is 4.57. The lowest BCUT2D eigenvalue weighted by atomic mass is 10.0. The van der Waals surface area contributed by atoms with Gasteiger partial charge in [0.1, 0.15) is 11.5 Å². The molecule has 0 unspecified atom stereocenters. The fraction of sp³-hybridized carbons (Fsp3) is 0.353. The average Bonchev–Trinajstić information content (AvgIpc) is 3.26. The van der Waals surface area contributed by atoms with E-state index in [9.17, 15) is 0 Å². The molecule has 24 heavy (non-hydrogen) atoms. The predicted octanol–water partition coefficient (Wildman–Crippen LogP) is 1.74. The summed E-state index contributed by atoms with van der Waals surface area (Å²) in [4.78, 5) is 24.2. The van der Waals surface area contributed by atoms with Crippen molar-refractivity contribution in [2.24, 2.45) is 13.0 Å². The largest absolute Gasteiger partial charge is 0.355 e. The van der Waals surface area contributed by atoms with E-state index >= 15 is 0 Å². The van der Waals surface area contributed by atoms with Crippen LogP contribution in [0.3, 0.4) is 0 Å². The molecule has 0 bridgehead atoms. The van der Waals surface area contributed by atoms with E-state index < -0.39 is 0 Å². The maximum Gasteiger partial charge on any atom is 0.159 e. The van der Waals surface area contributed by atoms with Gasteiger partial charge in [0.2, 0.25) is 0 Å². The quantitative estimate of drug-likeness (QED) is 0.729. The molecule has 0 saturated carbocycles. The Kier molecular flexibility index (Phi) is 3.90. The van der Waals surface area contributed by atoms with Crippen LogP contribution in [0.5, 0.6) is 0 Å². The minimum atomic E-state index is 0.570. The molecule has 0 amide bonds. The second-order valence-electron chi connectivity index (χ2n) is 6.12. The molecule has 1 aliphatic heterocycles. The van der Waals surface area contributed by atoms with E-state index in [4.69, 9.17) is 0 Å². The summed E-state index contributed by atoms with van der Waals surface area (Å²) in [5.41, 5.74) is 1.83. The molecule has 3 aromatic rings. The van der Waals surface area contributed by atoms with Gasteiger partial charge >= 0.3 is 0 Å². The molecule has 0 aromatic carbocycles. The van der Waals surface area contributed by atoms with E-state index in [-0.39, 0.29) is 0 Å². The Balaban J connectivity index is 1.40. The third-order valence-corrected chi connectivity index (χ3v) is 4.41. The smallest absolute Gasteiger partial charge is 0.159 e. The highest BCUT2D eigenvalue weighted by molar-refractivity contribution is 5.47. The molecular formula is C17H19N7. The number of hydrogen-bond donors (Lipinski definition) is 0. The summed E-state index contributed by atoms with van der Waals surface area (Å²) in [6.07, 6.45) is 14.7. The molecular weight excluding hydrogens is 302 g/mol. The van der Waals surface area contributed by atoms with Crippen LogP contribution in [0, 0.1) is 5.92 Å². The van der Waals surface area contributed by atoms with Gasteiger partial charge in [-0.1, -0.05) is 0 Å². The first kappa shape index (κ1) is 14.7. The molecule has 1 saturated heterocycles. The van der Waals surface area contributed by atoms with Gasteiger partial charge in [0.05, 0.1) is 18.1 Å². The summed E-state index contributed by atoms with van der Waals surface area (Å²) < 4.78 is 1.94. The van der Waals surface area contributed by atoms with Crippen molar-refractivity contribution < 1.29 is 0 Å². The monoisotopic (exact) mass is 321 g/mol. The molecule has 0 aliphatic carbocycles. The van der Waals surface area contributed by atoms with Crippen molar-refractivity contribution in [3.63, 3.8) is 0 Å². The molecule has 4 rings (SSSR count). The molecule has 7 nitrogen and oxygen atoms in total. The van der Waals surface area contributed by atoms with E-state index in [1.54, 1.807) is 18.6 Å². The van der Waals surface area contributed by atoms with Gasteiger partial charge in [-0.25, -0.2) is 15.0 Å². The lowest BCUT2D eigenvalue weighted by molar-refractivity contribution is 0.576. The van der Waals surface area contributed by atoms with Crippen LogP contribution >= 0.6 is 0 Å². The van der Waals surface area contributed by atoms with Gasteiger partial charge in [0.15, 0.2) is 5.82 Å². The van der Waals surface area contributed by atoms with Crippen molar-refractivity contribution in [3.05, 3.63) is 49.1 Å². The van der Waals surface area contributed by atoms with Crippen LogP contribution in [0.1, 0.15) is 12.1 Å². The summed E-state index contributed by atoms with van der Waals surface area (Å²) in [6.45, 7) is 2.00. The fourth-order valence-electron chi connectivity index (χ4n) is 3.15. The first-order valence-electron chi connectivity index (χ1n) is 8.09. The van der Waals surface area contributed by atoms with Gasteiger partial charge in [0.25, 0.3) is 0 Å². The zero-order chi connectivity index (χ0) is 16.4. The Morgan fingerprint density at radius 1 is 1.04 bits per heavy atom. The van der Waals surface area contributed by atoms with Crippen molar-refractivity contribution in [1.82, 2.24) is 29.5 Å². The van der Waals surface area contributed by atoms with Gasteiger partial charge in [-0.15, -0.1) is 0 Å². The van der Waals surface area contributed by atoms with Crippen LogP contribution in [0.25, 0.3) is 11.5 Å². The minimum Gasteiger partial charge on any atom is -0.355 e. The first-order valence-corrected chi connectivity index (χ1v) is 8.09. The highest BCUT2D eigenvalue weighted by Gasteiger charge is 2.24. The molecule has 3 aromatic heterocycles. The number of anilines is 1. The Hall–Kier alpha value is -2.83. The third kappa shape index (κ3) is 2.97. The van der Waals surface area contributed by atoms with Gasteiger partial charge in [-0.3, -0.25) is 9.97 Å². The van der Waals surface area contributed by atoms with Crippen LogP contribution in [0.4, 0.5) is 5.82 Å². The van der Waals surface area contributed by atoms with Crippen molar-refractivity contribution in [2.75, 3.05) is 18.0 Å². The number of aromatic nitrogens is 6. The SMILES string of the molecule is Cn1ccnc1-c1cnc(C[C@@H]2CCN(c3cnccn3)C2)cn1. The van der Waals surface area contributed by atoms with Gasteiger partial charge < -0.3 is 9.47 Å². The molecule has 0 radical (unpaired) electrons. The topological polar surface area (TPSA) is 72.6 Å². The molecule has 122 valence electrons. The van der Waals surface area contributed by atoms with Crippen molar-refractivity contribution >= 4 is 5.82 Å². The Labute approximate surface area is 140 Å². The lowest BCUT2D eigenvalue weighted by Crippen LogP contribution is -2.21. The van der Waals surface area contributed by atoms with Crippen LogP contribution in [0.15, 0.2) is 43.4 Å². The summed E-state index contributed by atoms with van der Waals surface area (Å²) in [5, 5.41) is 0. The standard InChI is InChI=1S/C17H19N7/c1-23-7-5-20-17(23)15-10-21-14(9-22-15)8-13-2-6-24(12-13)16-11-18-3-4-19-16/h3-5,7,9-11,13H,2,6,8,12H2,1H3/t13-/m0/s1. The summed E-state index contributed by atoms with van der Waals surface area (Å²) in [6, 6.07) is 0. The highest BCUT2D eigenvalue weighted by atomic mass is 15.2. The predicted molar refractivity (Wildman–Crippen MR) is 90.3 cm³/mol. The van der Waals surface area contributed by atoms with E-state index in [1.165, 1.54) is 0 Å². The molecule has 0 N–H and O–H groups in total. The Morgan fingerprint density at radius 2 is 2.00 bits per heavy atom. The Morgan fingerprint density at radius 3 is 2.71 bits per heavy atom. The first-order chi connectivity index (χ1) is 11.8. The zero-order valence-electron chi connectivity index (χ0n) is 13.6. The lowest BCUT2D eigenvalue weighted by Gasteiger charge is -2.16. The van der Waals surface area contributed by atoms with E-state index in [1.807, 2.05) is 36.4 Å². The summed E-state index contributed by atoms with van der Waals surface area (Å²) >= 11 is 0. The van der Waals surface area contributed by atoms with Crippen LogP contribution in [-0.4, -0.2) is 42.6 Å². The second kappa shape index (κ2) is 6.35. The number of nitrogens with zero attached hydrogens (tertiary/aromatic N) is 7. The van der Waals surface area contributed by atoms with E-state index in [0.29, 0.717) is 5.92 Å². The van der Waals surface area contributed by atoms with E-state index in [0.717, 1.165) is 49.0 Å². The van der Waals surface area contributed by atoms with Crippen LogP contribution in [0.2, 0.25) is 0 Å². The molecule has 0 spiro atoms. The van der Waals surface area contributed by atoms with Crippen molar-refractivity contribution in [3.8, 4) is 11.5 Å². The fourth-order valence-corrected chi connectivity index (χ4v) is 3.15. The molecule has 1 atom stereocenters.